The Morgan fingerprint density at radius 1 is 1.24 bits per heavy atom. The predicted octanol–water partition coefficient (Wildman–Crippen LogP) is 3.41. The second-order valence-electron chi connectivity index (χ2n) is 6.73. The van der Waals surface area contributed by atoms with Crippen molar-refractivity contribution >= 4 is 5.91 Å². The maximum atomic E-state index is 13.1. The van der Waals surface area contributed by atoms with E-state index in [-0.39, 0.29) is 11.9 Å². The topological polar surface area (TPSA) is 58.4 Å². The molecule has 0 aliphatic heterocycles. The molecule has 0 bridgehead atoms. The van der Waals surface area contributed by atoms with Gasteiger partial charge in [-0.1, -0.05) is 49.6 Å². The van der Waals surface area contributed by atoms with Gasteiger partial charge in [0.25, 0.3) is 5.91 Å². The highest BCUT2D eigenvalue weighted by molar-refractivity contribution is 5.92. The fourth-order valence-corrected chi connectivity index (χ4v) is 3.56. The van der Waals surface area contributed by atoms with Crippen molar-refractivity contribution in [2.24, 2.45) is 0 Å². The molecule has 1 aromatic carbocycles. The van der Waals surface area contributed by atoms with E-state index in [4.69, 9.17) is 0 Å². The van der Waals surface area contributed by atoms with Gasteiger partial charge in [-0.05, 0) is 31.4 Å². The number of benzene rings is 1. The minimum absolute atomic E-state index is 0.0749. The summed E-state index contributed by atoms with van der Waals surface area (Å²) in [5, 5.41) is 15.0. The van der Waals surface area contributed by atoms with Crippen molar-refractivity contribution in [3.63, 3.8) is 0 Å². The third-order valence-electron chi connectivity index (χ3n) is 5.01. The zero-order valence-electron chi connectivity index (χ0n) is 14.8. The summed E-state index contributed by atoms with van der Waals surface area (Å²) in [5.74, 6) is -0.0749. The van der Waals surface area contributed by atoms with Crippen LogP contribution in [0, 0.1) is 0 Å². The third-order valence-corrected chi connectivity index (χ3v) is 5.01. The number of hydrogen-bond donors (Lipinski definition) is 1. The van der Waals surface area contributed by atoms with Crippen molar-refractivity contribution in [3.8, 4) is 0 Å². The molecule has 1 amide bonds. The van der Waals surface area contributed by atoms with Crippen molar-refractivity contribution < 1.29 is 9.90 Å². The summed E-state index contributed by atoms with van der Waals surface area (Å²) in [7, 11) is 0. The van der Waals surface area contributed by atoms with Gasteiger partial charge in [-0.15, -0.1) is 0 Å². The van der Waals surface area contributed by atoms with Gasteiger partial charge >= 0.3 is 0 Å². The Labute approximate surface area is 149 Å². The highest BCUT2D eigenvalue weighted by atomic mass is 16.3. The van der Waals surface area contributed by atoms with Crippen molar-refractivity contribution in [1.29, 1.82) is 0 Å². The van der Waals surface area contributed by atoms with Crippen LogP contribution >= 0.6 is 0 Å². The fourth-order valence-electron chi connectivity index (χ4n) is 3.56. The quantitative estimate of drug-likeness (QED) is 0.876. The van der Waals surface area contributed by atoms with E-state index in [1.807, 2.05) is 48.4 Å². The third kappa shape index (κ3) is 4.28. The summed E-state index contributed by atoms with van der Waals surface area (Å²) in [4.78, 5) is 14.9. The lowest BCUT2D eigenvalue weighted by Crippen LogP contribution is -2.44. The van der Waals surface area contributed by atoms with E-state index in [9.17, 15) is 9.90 Å². The molecule has 0 saturated heterocycles. The summed E-state index contributed by atoms with van der Waals surface area (Å²) in [5.41, 5.74) is 1.31. The first-order valence-electron chi connectivity index (χ1n) is 9.26. The maximum Gasteiger partial charge on any atom is 0.274 e. The molecule has 1 aromatic heterocycles. The smallest absolute Gasteiger partial charge is 0.274 e. The average Bonchev–Trinajstić information content (AvgIpc) is 3.16. The van der Waals surface area contributed by atoms with Crippen LogP contribution in [-0.4, -0.2) is 38.3 Å². The normalized spacial score (nSPS) is 16.6. The number of aliphatic hydroxyl groups is 1. The number of carbonyl (C=O) groups excluding carboxylic acids is 1. The summed E-state index contributed by atoms with van der Waals surface area (Å²) in [6.45, 7) is 3.05. The molecule has 5 heteroatoms. The lowest BCUT2D eigenvalue weighted by molar-refractivity contribution is 0.0448. The monoisotopic (exact) mass is 341 g/mol. The van der Waals surface area contributed by atoms with Crippen molar-refractivity contribution in [1.82, 2.24) is 14.7 Å². The molecular weight excluding hydrogens is 314 g/mol. The summed E-state index contributed by atoms with van der Waals surface area (Å²) in [6.07, 6.45) is 6.66. The van der Waals surface area contributed by atoms with E-state index in [0.717, 1.165) is 37.8 Å². The first-order valence-corrected chi connectivity index (χ1v) is 9.26. The van der Waals surface area contributed by atoms with Gasteiger partial charge in [0, 0.05) is 18.8 Å². The highest BCUT2D eigenvalue weighted by Gasteiger charge is 2.29. The molecule has 25 heavy (non-hydrogen) atoms. The Balaban J connectivity index is 1.80. The molecule has 0 unspecified atom stereocenters. The van der Waals surface area contributed by atoms with Gasteiger partial charge < -0.3 is 10.0 Å². The molecule has 0 radical (unpaired) electrons. The molecule has 1 aliphatic rings. The number of hydrogen-bond acceptors (Lipinski definition) is 3. The largest absolute Gasteiger partial charge is 0.387 e. The van der Waals surface area contributed by atoms with E-state index in [0.29, 0.717) is 12.2 Å². The lowest BCUT2D eigenvalue weighted by Gasteiger charge is -2.35. The standard InChI is InChI=1S/C20H27N3O2/c1-2-22-14-13-18(21-22)20(25)23(17-11-7-4-8-12-17)15-19(24)16-9-5-3-6-10-16/h3,5-6,9-10,13-14,17,19,24H,2,4,7-8,11-12,15H2,1H3/t19-/m1/s1. The van der Waals surface area contributed by atoms with Gasteiger partial charge in [-0.3, -0.25) is 9.48 Å². The number of aliphatic hydroxyl groups excluding tert-OH is 1. The van der Waals surface area contributed by atoms with Gasteiger partial charge in [0.1, 0.15) is 5.69 Å². The molecule has 1 N–H and O–H groups in total. The highest BCUT2D eigenvalue weighted by Crippen LogP contribution is 2.26. The number of aromatic nitrogens is 2. The zero-order chi connectivity index (χ0) is 17.6. The SMILES string of the molecule is CCn1ccc(C(=O)N(C[C@@H](O)c2ccccc2)C2CCCCC2)n1. The number of carbonyl (C=O) groups is 1. The molecule has 1 atom stereocenters. The Bertz CT molecular complexity index is 677. The van der Waals surface area contributed by atoms with Crippen LogP contribution < -0.4 is 0 Å². The Kier molecular flexibility index (Phi) is 5.87. The van der Waals surface area contributed by atoms with Crippen LogP contribution in [0.3, 0.4) is 0 Å². The Morgan fingerprint density at radius 2 is 1.96 bits per heavy atom. The Morgan fingerprint density at radius 3 is 2.60 bits per heavy atom. The molecular formula is C20H27N3O2. The van der Waals surface area contributed by atoms with E-state index in [1.165, 1.54) is 6.42 Å². The van der Waals surface area contributed by atoms with Gasteiger partial charge in [0.2, 0.25) is 0 Å². The second-order valence-corrected chi connectivity index (χ2v) is 6.73. The van der Waals surface area contributed by atoms with E-state index >= 15 is 0 Å². The summed E-state index contributed by atoms with van der Waals surface area (Å²) in [6, 6.07) is 11.5. The lowest BCUT2D eigenvalue weighted by atomic mass is 9.93. The van der Waals surface area contributed by atoms with Crippen LogP contribution in [0.25, 0.3) is 0 Å². The number of aryl methyl sites for hydroxylation is 1. The van der Waals surface area contributed by atoms with Crippen LogP contribution in [-0.2, 0) is 6.54 Å². The van der Waals surface area contributed by atoms with Gasteiger partial charge in [-0.2, -0.15) is 5.10 Å². The molecule has 2 aromatic rings. The molecule has 134 valence electrons. The van der Waals surface area contributed by atoms with Crippen LogP contribution in [0.2, 0.25) is 0 Å². The van der Waals surface area contributed by atoms with E-state index < -0.39 is 6.10 Å². The van der Waals surface area contributed by atoms with Crippen LogP contribution in [0.5, 0.6) is 0 Å². The average molecular weight is 341 g/mol. The summed E-state index contributed by atoms with van der Waals surface area (Å²) >= 11 is 0. The van der Waals surface area contributed by atoms with Gasteiger partial charge in [0.05, 0.1) is 12.6 Å². The molecule has 1 aliphatic carbocycles. The Hall–Kier alpha value is -2.14. The minimum Gasteiger partial charge on any atom is -0.387 e. The number of rotatable bonds is 6. The fraction of sp³-hybridized carbons (Fsp3) is 0.500. The molecule has 0 spiro atoms. The summed E-state index contributed by atoms with van der Waals surface area (Å²) < 4.78 is 1.76. The first kappa shape index (κ1) is 17.7. The molecule has 5 nitrogen and oxygen atoms in total. The van der Waals surface area contributed by atoms with Crippen LogP contribution in [0.15, 0.2) is 42.6 Å². The first-order chi connectivity index (χ1) is 12.2. The molecule has 1 heterocycles. The number of amides is 1. The maximum absolute atomic E-state index is 13.1. The van der Waals surface area contributed by atoms with E-state index in [1.54, 1.807) is 10.7 Å². The van der Waals surface area contributed by atoms with Crippen LogP contribution in [0.1, 0.15) is 61.2 Å². The van der Waals surface area contributed by atoms with Crippen molar-refractivity contribution in [3.05, 3.63) is 53.9 Å². The molecule has 3 rings (SSSR count). The van der Waals surface area contributed by atoms with E-state index in [2.05, 4.69) is 5.10 Å². The number of nitrogens with zero attached hydrogens (tertiary/aromatic N) is 3. The zero-order valence-corrected chi connectivity index (χ0v) is 14.8. The van der Waals surface area contributed by atoms with Gasteiger partial charge in [0.15, 0.2) is 0 Å². The minimum atomic E-state index is -0.680. The predicted molar refractivity (Wildman–Crippen MR) is 97.2 cm³/mol. The second kappa shape index (κ2) is 8.30. The molecule has 1 fully saturated rings. The van der Waals surface area contributed by atoms with Gasteiger partial charge in [-0.25, -0.2) is 0 Å². The van der Waals surface area contributed by atoms with Crippen molar-refractivity contribution in [2.45, 2.75) is 57.7 Å². The van der Waals surface area contributed by atoms with Crippen LogP contribution in [0.4, 0.5) is 0 Å². The molecule has 1 saturated carbocycles. The van der Waals surface area contributed by atoms with Crippen molar-refractivity contribution in [2.75, 3.05) is 6.54 Å².